The molecule has 0 amide bonds. The molecule has 3 nitrogen and oxygen atoms in total. The molecule has 114 valence electrons. The highest BCUT2D eigenvalue weighted by Gasteiger charge is 2.36. The van der Waals surface area contributed by atoms with Crippen molar-refractivity contribution < 1.29 is 13.2 Å². The molecule has 0 saturated carbocycles. The van der Waals surface area contributed by atoms with Crippen LogP contribution in [0.5, 0.6) is 0 Å². The van der Waals surface area contributed by atoms with E-state index in [1.807, 2.05) is 0 Å². The van der Waals surface area contributed by atoms with Crippen molar-refractivity contribution in [3.05, 3.63) is 29.3 Å². The van der Waals surface area contributed by atoms with E-state index < -0.39 is 11.7 Å². The van der Waals surface area contributed by atoms with Crippen molar-refractivity contribution in [2.45, 2.75) is 26.1 Å². The van der Waals surface area contributed by atoms with Crippen LogP contribution in [0.2, 0.25) is 0 Å². The minimum atomic E-state index is -4.45. The number of anilines is 1. The molecule has 1 heterocycles. The van der Waals surface area contributed by atoms with Crippen LogP contribution in [0.1, 0.15) is 25.0 Å². The Hall–Kier alpha value is -1.74. The first-order chi connectivity index (χ1) is 9.82. The van der Waals surface area contributed by atoms with E-state index in [0.717, 1.165) is 19.2 Å². The van der Waals surface area contributed by atoms with E-state index in [2.05, 4.69) is 18.7 Å². The number of halogens is 3. The second kappa shape index (κ2) is 5.94. The fraction of sp³-hybridized carbons (Fsp3) is 0.533. The van der Waals surface area contributed by atoms with Gasteiger partial charge in [0.25, 0.3) is 0 Å². The summed E-state index contributed by atoms with van der Waals surface area (Å²) >= 11 is 0. The van der Waals surface area contributed by atoms with E-state index in [-0.39, 0.29) is 11.3 Å². The highest BCUT2D eigenvalue weighted by Crippen LogP contribution is 2.37. The molecule has 0 bridgehead atoms. The average molecular weight is 297 g/mol. The number of piperazine rings is 1. The van der Waals surface area contributed by atoms with Crippen molar-refractivity contribution in [3.63, 3.8) is 0 Å². The number of hydrogen-bond acceptors (Lipinski definition) is 3. The Balaban J connectivity index is 2.27. The number of rotatable bonds is 2. The van der Waals surface area contributed by atoms with E-state index in [9.17, 15) is 13.2 Å². The summed E-state index contributed by atoms with van der Waals surface area (Å²) in [6, 6.07) is 5.95. The van der Waals surface area contributed by atoms with Gasteiger partial charge in [-0.2, -0.15) is 18.4 Å². The van der Waals surface area contributed by atoms with Crippen LogP contribution in [0, 0.1) is 11.3 Å². The third-order valence-corrected chi connectivity index (χ3v) is 3.82. The summed E-state index contributed by atoms with van der Waals surface area (Å²) in [4.78, 5) is 4.00. The molecule has 0 unspecified atom stereocenters. The fourth-order valence-corrected chi connectivity index (χ4v) is 2.59. The molecule has 21 heavy (non-hydrogen) atoms. The topological polar surface area (TPSA) is 30.3 Å². The van der Waals surface area contributed by atoms with E-state index in [1.165, 1.54) is 12.1 Å². The molecule has 0 atom stereocenters. The lowest BCUT2D eigenvalue weighted by atomic mass is 10.1. The van der Waals surface area contributed by atoms with Gasteiger partial charge in [-0.3, -0.25) is 4.90 Å². The van der Waals surface area contributed by atoms with Crippen LogP contribution in [0.4, 0.5) is 18.9 Å². The first-order valence-electron chi connectivity index (χ1n) is 6.93. The molecule has 0 spiro atoms. The summed E-state index contributed by atoms with van der Waals surface area (Å²) in [6.07, 6.45) is -4.45. The zero-order valence-electron chi connectivity index (χ0n) is 12.1. The van der Waals surface area contributed by atoms with Gasteiger partial charge in [0, 0.05) is 37.9 Å². The smallest absolute Gasteiger partial charge is 0.368 e. The maximum atomic E-state index is 13.2. The van der Waals surface area contributed by atoms with Gasteiger partial charge in [0.2, 0.25) is 0 Å². The van der Waals surface area contributed by atoms with Crippen LogP contribution < -0.4 is 4.90 Å². The van der Waals surface area contributed by atoms with E-state index in [4.69, 9.17) is 5.26 Å². The lowest BCUT2D eigenvalue weighted by Gasteiger charge is -2.39. The van der Waals surface area contributed by atoms with E-state index in [0.29, 0.717) is 19.1 Å². The summed E-state index contributed by atoms with van der Waals surface area (Å²) < 4.78 is 39.5. The normalized spacial score (nSPS) is 17.1. The lowest BCUT2D eigenvalue weighted by molar-refractivity contribution is -0.137. The molecule has 2 rings (SSSR count). The van der Waals surface area contributed by atoms with Gasteiger partial charge in [0.1, 0.15) is 0 Å². The molecule has 1 aliphatic heterocycles. The fourth-order valence-electron chi connectivity index (χ4n) is 2.59. The Morgan fingerprint density at radius 1 is 1.14 bits per heavy atom. The molecule has 1 saturated heterocycles. The minimum absolute atomic E-state index is 0.0342. The van der Waals surface area contributed by atoms with Crippen molar-refractivity contribution >= 4 is 5.69 Å². The number of hydrogen-bond donors (Lipinski definition) is 0. The van der Waals surface area contributed by atoms with Crippen molar-refractivity contribution in [2.75, 3.05) is 31.1 Å². The number of nitriles is 1. The molecule has 0 N–H and O–H groups in total. The Morgan fingerprint density at radius 2 is 1.76 bits per heavy atom. The minimum Gasteiger partial charge on any atom is -0.368 e. The molecule has 1 aromatic rings. The predicted molar refractivity (Wildman–Crippen MR) is 75.1 cm³/mol. The van der Waals surface area contributed by atoms with Crippen LogP contribution in [0.3, 0.4) is 0 Å². The van der Waals surface area contributed by atoms with Crippen LogP contribution in [0.15, 0.2) is 18.2 Å². The SMILES string of the molecule is CC(C)N1CCN(c2ccc(C#N)cc2C(F)(F)F)CC1. The largest absolute Gasteiger partial charge is 0.418 e. The summed E-state index contributed by atoms with van der Waals surface area (Å²) in [5.74, 6) is 0. The van der Waals surface area contributed by atoms with Gasteiger partial charge in [-0.15, -0.1) is 0 Å². The Morgan fingerprint density at radius 3 is 2.24 bits per heavy atom. The van der Waals surface area contributed by atoms with Crippen molar-refractivity contribution in [1.29, 1.82) is 5.26 Å². The van der Waals surface area contributed by atoms with Crippen molar-refractivity contribution in [3.8, 4) is 6.07 Å². The quantitative estimate of drug-likeness (QED) is 0.840. The third kappa shape index (κ3) is 3.48. The Kier molecular flexibility index (Phi) is 4.43. The molecule has 0 aliphatic carbocycles. The molecular formula is C15H18F3N3. The van der Waals surface area contributed by atoms with Crippen LogP contribution >= 0.6 is 0 Å². The maximum absolute atomic E-state index is 13.2. The van der Waals surface area contributed by atoms with Gasteiger partial charge in [0.05, 0.1) is 17.2 Å². The Labute approximate surface area is 122 Å². The summed E-state index contributed by atoms with van der Waals surface area (Å²) in [5, 5.41) is 8.79. The van der Waals surface area contributed by atoms with Gasteiger partial charge in [-0.25, -0.2) is 0 Å². The standard InChI is InChI=1S/C15H18F3N3/c1-11(2)20-5-7-21(8-6-20)14-4-3-12(10-19)9-13(14)15(16,17)18/h3-4,9,11H,5-8H2,1-2H3. The van der Waals surface area contributed by atoms with Gasteiger partial charge in [0.15, 0.2) is 0 Å². The lowest BCUT2D eigenvalue weighted by Crippen LogP contribution is -2.49. The average Bonchev–Trinajstić information content (AvgIpc) is 2.46. The molecular weight excluding hydrogens is 279 g/mol. The number of nitrogens with zero attached hydrogens (tertiary/aromatic N) is 3. The van der Waals surface area contributed by atoms with Gasteiger partial charge < -0.3 is 4.90 Å². The van der Waals surface area contributed by atoms with E-state index in [1.54, 1.807) is 11.0 Å². The number of alkyl halides is 3. The van der Waals surface area contributed by atoms with Gasteiger partial charge >= 0.3 is 6.18 Å². The zero-order valence-corrected chi connectivity index (χ0v) is 12.1. The second-order valence-corrected chi connectivity index (χ2v) is 5.46. The maximum Gasteiger partial charge on any atom is 0.418 e. The molecule has 1 aliphatic rings. The molecule has 0 radical (unpaired) electrons. The predicted octanol–water partition coefficient (Wildman–Crippen LogP) is 3.11. The summed E-state index contributed by atoms with van der Waals surface area (Å²) in [5.41, 5.74) is -0.517. The molecule has 1 aromatic carbocycles. The zero-order chi connectivity index (χ0) is 15.6. The van der Waals surface area contributed by atoms with Crippen molar-refractivity contribution in [1.82, 2.24) is 4.90 Å². The summed E-state index contributed by atoms with van der Waals surface area (Å²) in [7, 11) is 0. The highest BCUT2D eigenvalue weighted by atomic mass is 19.4. The first kappa shape index (κ1) is 15.6. The third-order valence-electron chi connectivity index (χ3n) is 3.82. The Bertz CT molecular complexity index is 538. The van der Waals surface area contributed by atoms with Gasteiger partial charge in [-0.05, 0) is 32.0 Å². The van der Waals surface area contributed by atoms with Crippen LogP contribution in [0.25, 0.3) is 0 Å². The first-order valence-corrected chi connectivity index (χ1v) is 6.93. The van der Waals surface area contributed by atoms with Gasteiger partial charge in [-0.1, -0.05) is 0 Å². The second-order valence-electron chi connectivity index (χ2n) is 5.46. The highest BCUT2D eigenvalue weighted by molar-refractivity contribution is 5.58. The van der Waals surface area contributed by atoms with Crippen molar-refractivity contribution in [2.24, 2.45) is 0 Å². The van der Waals surface area contributed by atoms with Crippen LogP contribution in [-0.2, 0) is 6.18 Å². The monoisotopic (exact) mass is 297 g/mol. The number of benzene rings is 1. The molecule has 1 fully saturated rings. The molecule has 0 aromatic heterocycles. The molecule has 6 heteroatoms. The summed E-state index contributed by atoms with van der Waals surface area (Å²) in [6.45, 7) is 6.78. The van der Waals surface area contributed by atoms with Crippen LogP contribution in [-0.4, -0.2) is 37.1 Å². The van der Waals surface area contributed by atoms with E-state index >= 15 is 0 Å².